The molecule has 0 bridgehead atoms. The van der Waals surface area contributed by atoms with Crippen molar-refractivity contribution in [1.82, 2.24) is 4.57 Å². The van der Waals surface area contributed by atoms with E-state index >= 15 is 0 Å². The molecule has 40 heavy (non-hydrogen) atoms. The summed E-state index contributed by atoms with van der Waals surface area (Å²) in [6.07, 6.45) is 0.403. The van der Waals surface area contributed by atoms with Crippen molar-refractivity contribution >= 4 is 116 Å². The first-order valence-corrected chi connectivity index (χ1v) is 17.1. The second kappa shape index (κ2) is 18.4. The van der Waals surface area contributed by atoms with Crippen LogP contribution < -0.4 is 16.2 Å². The van der Waals surface area contributed by atoms with Crippen molar-refractivity contribution in [2.45, 2.75) is 34.6 Å². The van der Waals surface area contributed by atoms with Gasteiger partial charge >= 0.3 is 11.7 Å². The van der Waals surface area contributed by atoms with Gasteiger partial charge in [-0.05, 0) is 83.7 Å². The smallest absolute Gasteiger partial charge is 0.419 e. The Kier molecular flexibility index (Phi) is 17.0. The number of rotatable bonds is 0. The summed E-state index contributed by atoms with van der Waals surface area (Å²) in [4.78, 5) is 24.5. The maximum atomic E-state index is 11.2. The van der Waals surface area contributed by atoms with Crippen LogP contribution in [0.2, 0.25) is 0 Å². The SMILES string of the molecule is C.CI.Cc1c(Br)ccc(O)c1N.Cc1c(Br)ccc2c1CC(=O)O2.Cc1c(Br)ccc2oc(=O)n(C)c12.[2H]CI. The molecule has 0 aliphatic carbocycles. The van der Waals surface area contributed by atoms with Gasteiger partial charge in [-0.25, -0.2) is 4.79 Å². The number of anilines is 1. The van der Waals surface area contributed by atoms with Crippen molar-refractivity contribution in [2.75, 3.05) is 15.6 Å². The van der Waals surface area contributed by atoms with Crippen molar-refractivity contribution in [3.8, 4) is 11.5 Å². The molecule has 1 aromatic heterocycles. The number of phenolic OH excluding ortho intramolecular Hbond substituents is 1. The van der Waals surface area contributed by atoms with Crippen molar-refractivity contribution in [3.05, 3.63) is 82.6 Å². The largest absolute Gasteiger partial charge is 0.506 e. The monoisotopic (exact) mass is 969 g/mol. The first-order valence-electron chi connectivity index (χ1n) is 11.7. The number of alkyl halides is 2. The number of carbonyl (C=O) groups is 1. The Morgan fingerprint density at radius 2 is 1.45 bits per heavy atom. The molecule has 0 atom stereocenters. The Labute approximate surface area is 289 Å². The lowest BCUT2D eigenvalue weighted by Crippen LogP contribution is -2.08. The third-order valence-corrected chi connectivity index (χ3v) is 8.17. The summed E-state index contributed by atoms with van der Waals surface area (Å²) in [5.74, 6) is 0.365. The molecule has 7 nitrogen and oxygen atoms in total. The van der Waals surface area contributed by atoms with Crippen LogP contribution in [0.4, 0.5) is 5.69 Å². The number of esters is 1. The van der Waals surface area contributed by atoms with Crippen LogP contribution in [0.1, 0.15) is 31.1 Å². The molecular weight excluding hydrogens is 938 g/mol. The van der Waals surface area contributed by atoms with Gasteiger partial charge in [0.25, 0.3) is 0 Å². The number of aromatic hydroxyl groups is 1. The highest BCUT2D eigenvalue weighted by atomic mass is 127. The fourth-order valence-electron chi connectivity index (χ4n) is 3.41. The lowest BCUT2D eigenvalue weighted by Gasteiger charge is -2.03. The van der Waals surface area contributed by atoms with Gasteiger partial charge in [0.15, 0.2) is 5.58 Å². The molecule has 0 spiro atoms. The van der Waals surface area contributed by atoms with Crippen LogP contribution in [0.25, 0.3) is 11.1 Å². The van der Waals surface area contributed by atoms with E-state index in [1.54, 1.807) is 25.2 Å². The van der Waals surface area contributed by atoms with Crippen LogP contribution in [-0.2, 0) is 18.3 Å². The molecule has 0 saturated heterocycles. The van der Waals surface area contributed by atoms with Gasteiger partial charge in [0.2, 0.25) is 0 Å². The summed E-state index contributed by atoms with van der Waals surface area (Å²) in [5.41, 5.74) is 11.4. The number of hydrogen-bond acceptors (Lipinski definition) is 6. The Morgan fingerprint density at radius 3 is 2.02 bits per heavy atom. The van der Waals surface area contributed by atoms with Gasteiger partial charge in [0.1, 0.15) is 11.5 Å². The standard InChI is InChI=1S/C9H8BrNO2.C9H7BrO2.C7H8BrNO.2CH3I.CH4/c1-5-6(10)3-4-7-8(5)11(2)9(12)13-7;1-5-6-4-9(11)12-8(6)3-2-7(5)10;1-4-5(8)2-3-6(10)7(4)9;2*1-2;/h3-4H,1-2H3;2-3H,4H2,1H3;2-3,10H,9H2,1H3;2*1H3;1H4/i;;;1D;;. The van der Waals surface area contributed by atoms with Gasteiger partial charge in [-0.15, -0.1) is 0 Å². The predicted octanol–water partition coefficient (Wildman–Crippen LogP) is 9.21. The van der Waals surface area contributed by atoms with Gasteiger partial charge in [-0.1, -0.05) is 100 Å². The van der Waals surface area contributed by atoms with Crippen LogP contribution in [0, 0.1) is 20.8 Å². The average Bonchev–Trinajstić information content (AvgIpc) is 3.46. The van der Waals surface area contributed by atoms with Crippen molar-refractivity contribution in [3.63, 3.8) is 0 Å². The summed E-state index contributed by atoms with van der Waals surface area (Å²) >= 11 is 14.2. The number of aromatic nitrogens is 1. The summed E-state index contributed by atoms with van der Waals surface area (Å²) in [6.45, 7) is 5.77. The third kappa shape index (κ3) is 9.73. The molecule has 1 aliphatic heterocycles. The fraction of sp³-hybridized carbons (Fsp3) is 0.286. The van der Waals surface area contributed by atoms with Crippen LogP contribution in [0.5, 0.6) is 11.5 Å². The first-order chi connectivity index (χ1) is 18.8. The molecule has 4 aromatic rings. The quantitative estimate of drug-likeness (QED) is 0.0455. The van der Waals surface area contributed by atoms with Crippen molar-refractivity contribution in [2.24, 2.45) is 7.05 Å². The number of nitrogens with zero attached hydrogens (tertiary/aromatic N) is 1. The molecule has 0 saturated carbocycles. The lowest BCUT2D eigenvalue weighted by atomic mass is 10.1. The van der Waals surface area contributed by atoms with Crippen LogP contribution in [0.3, 0.4) is 0 Å². The molecule has 3 aromatic carbocycles. The molecule has 0 amide bonds. The molecular formula is C28H33Br3I2N2O5. The summed E-state index contributed by atoms with van der Waals surface area (Å²) in [6, 6.07) is 10.7. The fourth-order valence-corrected chi connectivity index (χ4v) is 4.45. The van der Waals surface area contributed by atoms with Crippen molar-refractivity contribution < 1.29 is 20.4 Å². The molecule has 0 fully saturated rings. The third-order valence-electron chi connectivity index (χ3n) is 5.59. The molecule has 3 N–H and O–H groups in total. The van der Waals surface area contributed by atoms with Crippen LogP contribution in [-0.4, -0.2) is 25.5 Å². The number of nitrogen functional groups attached to an aromatic ring is 1. The van der Waals surface area contributed by atoms with E-state index in [1.165, 1.54) is 4.57 Å². The number of oxazole rings is 1. The van der Waals surface area contributed by atoms with Crippen LogP contribution in [0.15, 0.2) is 59.0 Å². The molecule has 2 heterocycles. The molecule has 220 valence electrons. The highest BCUT2D eigenvalue weighted by Crippen LogP contribution is 2.33. The van der Waals surface area contributed by atoms with Gasteiger partial charge in [0, 0.05) is 27.4 Å². The zero-order valence-corrected chi connectivity index (χ0v) is 30.9. The molecule has 12 heteroatoms. The zero-order chi connectivity index (χ0) is 30.7. The Balaban J connectivity index is 0.000000540. The number of carbonyl (C=O) groups excluding carboxylic acids is 1. The second-order valence-corrected chi connectivity index (χ2v) is 10.4. The van der Waals surface area contributed by atoms with E-state index < -0.39 is 0 Å². The highest BCUT2D eigenvalue weighted by molar-refractivity contribution is 14.1. The van der Waals surface area contributed by atoms with Gasteiger partial charge in [-0.2, -0.15) is 0 Å². The van der Waals surface area contributed by atoms with E-state index in [-0.39, 0.29) is 24.9 Å². The van der Waals surface area contributed by atoms with Crippen LogP contribution >= 0.6 is 93.0 Å². The Bertz CT molecular complexity index is 1500. The number of hydrogen-bond donors (Lipinski definition) is 2. The Hall–Kier alpha value is -1.10. The number of ether oxygens (including phenoxy) is 1. The molecule has 0 radical (unpaired) electrons. The number of halogens is 5. The maximum Gasteiger partial charge on any atom is 0.419 e. The molecule has 0 unspecified atom stereocenters. The summed E-state index contributed by atoms with van der Waals surface area (Å²) < 4.78 is 20.6. The minimum atomic E-state index is -0.323. The summed E-state index contributed by atoms with van der Waals surface area (Å²) in [5, 5.41) is 9.08. The minimum Gasteiger partial charge on any atom is -0.506 e. The van der Waals surface area contributed by atoms with E-state index in [4.69, 9.17) is 21.4 Å². The molecule has 1 aliphatic rings. The Morgan fingerprint density at radius 1 is 0.950 bits per heavy atom. The first kappa shape index (κ1) is 36.9. The molecule has 5 rings (SSSR count). The van der Waals surface area contributed by atoms with Gasteiger partial charge < -0.3 is 20.0 Å². The van der Waals surface area contributed by atoms with Crippen molar-refractivity contribution in [1.29, 1.82) is 0 Å². The van der Waals surface area contributed by atoms with Gasteiger partial charge in [-0.3, -0.25) is 9.36 Å². The average molecular weight is 972 g/mol. The van der Waals surface area contributed by atoms with E-state index in [2.05, 4.69) is 70.4 Å². The number of aryl methyl sites for hydroxylation is 2. The number of nitrogens with two attached hydrogens (primary N) is 1. The maximum absolute atomic E-state index is 11.2. The van der Waals surface area contributed by atoms with Gasteiger partial charge in [0.05, 0.1) is 17.6 Å². The topological polar surface area (TPSA) is 108 Å². The second-order valence-electron chi connectivity index (χ2n) is 7.85. The normalized spacial score (nSPS) is 10.9. The predicted molar refractivity (Wildman–Crippen MR) is 194 cm³/mol. The number of benzene rings is 3. The number of phenols is 1. The van der Waals surface area contributed by atoms with E-state index in [0.29, 0.717) is 28.3 Å². The zero-order valence-electron chi connectivity index (χ0n) is 22.9. The summed E-state index contributed by atoms with van der Waals surface area (Å²) in [7, 11) is 1.70. The lowest BCUT2D eigenvalue weighted by molar-refractivity contribution is -0.131. The van der Waals surface area contributed by atoms with E-state index in [1.807, 2.05) is 66.5 Å². The number of fused-ring (bicyclic) bond motifs is 2. The minimum absolute atomic E-state index is 0. The van der Waals surface area contributed by atoms with E-state index in [9.17, 15) is 9.59 Å². The highest BCUT2D eigenvalue weighted by Gasteiger charge is 2.22. The van der Waals surface area contributed by atoms with E-state index in [0.717, 1.165) is 41.2 Å².